The van der Waals surface area contributed by atoms with Crippen molar-refractivity contribution in [2.45, 2.75) is 33.3 Å². The van der Waals surface area contributed by atoms with Crippen molar-refractivity contribution in [1.82, 2.24) is 4.98 Å². The molecular formula is C17H24N2OS. The highest BCUT2D eigenvalue weighted by molar-refractivity contribution is 7.12. The van der Waals surface area contributed by atoms with Gasteiger partial charge in [-0.3, -0.25) is 0 Å². The molecule has 0 amide bonds. The van der Waals surface area contributed by atoms with E-state index in [0.717, 1.165) is 22.7 Å². The Hall–Kier alpha value is -1.23. The number of benzene rings is 1. The van der Waals surface area contributed by atoms with Gasteiger partial charge in [0.05, 0.1) is 5.69 Å². The summed E-state index contributed by atoms with van der Waals surface area (Å²) in [6, 6.07) is 10.3. The first-order chi connectivity index (χ1) is 10.2. The van der Waals surface area contributed by atoms with Gasteiger partial charge in [-0.1, -0.05) is 44.2 Å². The lowest BCUT2D eigenvalue weighted by Crippen LogP contribution is -2.10. The third-order valence-corrected chi connectivity index (χ3v) is 4.50. The number of ether oxygens (including phenoxy) is 1. The molecule has 0 saturated carbocycles. The van der Waals surface area contributed by atoms with Crippen LogP contribution < -0.4 is 5.73 Å². The molecular weight excluding hydrogens is 280 g/mol. The Morgan fingerprint density at radius 1 is 1.24 bits per heavy atom. The molecule has 2 rings (SSSR count). The van der Waals surface area contributed by atoms with Gasteiger partial charge in [-0.05, 0) is 25.8 Å². The summed E-state index contributed by atoms with van der Waals surface area (Å²) in [6.45, 7) is 7.72. The standard InChI is InChI=1S/C17H24N2OS/c1-4-20-16(12(2)3)17-19-15(14(21-17)10-11-18)13-8-6-5-7-9-13/h5-9,12,16H,4,10-11,18H2,1-3H3. The summed E-state index contributed by atoms with van der Waals surface area (Å²) in [5, 5.41) is 1.06. The van der Waals surface area contributed by atoms with Gasteiger partial charge in [-0.25, -0.2) is 4.98 Å². The zero-order valence-corrected chi connectivity index (χ0v) is 13.8. The Balaban J connectivity index is 2.41. The first kappa shape index (κ1) is 16.1. The van der Waals surface area contributed by atoms with Crippen LogP contribution in [0.5, 0.6) is 0 Å². The summed E-state index contributed by atoms with van der Waals surface area (Å²) in [4.78, 5) is 6.13. The first-order valence-corrected chi connectivity index (χ1v) is 8.35. The van der Waals surface area contributed by atoms with Crippen LogP contribution in [0, 0.1) is 5.92 Å². The van der Waals surface area contributed by atoms with E-state index in [4.69, 9.17) is 15.5 Å². The average molecular weight is 304 g/mol. The van der Waals surface area contributed by atoms with E-state index >= 15 is 0 Å². The molecule has 0 bridgehead atoms. The van der Waals surface area contributed by atoms with Crippen LogP contribution in [0.2, 0.25) is 0 Å². The minimum atomic E-state index is 0.0639. The van der Waals surface area contributed by atoms with Gasteiger partial charge in [0.2, 0.25) is 0 Å². The summed E-state index contributed by atoms with van der Waals surface area (Å²) in [7, 11) is 0. The smallest absolute Gasteiger partial charge is 0.123 e. The highest BCUT2D eigenvalue weighted by Crippen LogP contribution is 2.35. The molecule has 21 heavy (non-hydrogen) atoms. The van der Waals surface area contributed by atoms with Crippen molar-refractivity contribution in [2.24, 2.45) is 11.7 Å². The number of hydrogen-bond donors (Lipinski definition) is 1. The quantitative estimate of drug-likeness (QED) is 0.839. The van der Waals surface area contributed by atoms with Crippen LogP contribution in [0.15, 0.2) is 30.3 Å². The molecule has 1 heterocycles. The second-order valence-electron chi connectivity index (χ2n) is 5.35. The summed E-state index contributed by atoms with van der Waals surface area (Å²) < 4.78 is 5.89. The van der Waals surface area contributed by atoms with Gasteiger partial charge in [-0.2, -0.15) is 0 Å². The van der Waals surface area contributed by atoms with Gasteiger partial charge in [0, 0.05) is 17.0 Å². The first-order valence-electron chi connectivity index (χ1n) is 7.54. The van der Waals surface area contributed by atoms with E-state index in [0.29, 0.717) is 19.1 Å². The van der Waals surface area contributed by atoms with Crippen molar-refractivity contribution in [1.29, 1.82) is 0 Å². The van der Waals surface area contributed by atoms with Crippen LogP contribution in [0.1, 0.15) is 36.8 Å². The van der Waals surface area contributed by atoms with E-state index in [1.807, 2.05) is 25.1 Å². The molecule has 0 saturated heterocycles. The van der Waals surface area contributed by atoms with E-state index in [-0.39, 0.29) is 6.10 Å². The number of thiazole rings is 1. The highest BCUT2D eigenvalue weighted by atomic mass is 32.1. The normalized spacial score (nSPS) is 12.8. The van der Waals surface area contributed by atoms with Crippen molar-refractivity contribution in [3.05, 3.63) is 40.2 Å². The molecule has 114 valence electrons. The van der Waals surface area contributed by atoms with Gasteiger partial charge in [0.1, 0.15) is 11.1 Å². The Bertz CT molecular complexity index is 551. The zero-order valence-electron chi connectivity index (χ0n) is 13.0. The monoisotopic (exact) mass is 304 g/mol. The van der Waals surface area contributed by atoms with Crippen LogP contribution in [0.3, 0.4) is 0 Å². The highest BCUT2D eigenvalue weighted by Gasteiger charge is 2.22. The third-order valence-electron chi connectivity index (χ3n) is 3.33. The van der Waals surface area contributed by atoms with Crippen molar-refractivity contribution in [2.75, 3.05) is 13.2 Å². The van der Waals surface area contributed by atoms with Crippen molar-refractivity contribution in [3.63, 3.8) is 0 Å². The van der Waals surface area contributed by atoms with Crippen LogP contribution in [-0.2, 0) is 11.2 Å². The average Bonchev–Trinajstić information content (AvgIpc) is 2.89. The molecule has 1 aromatic heterocycles. The molecule has 1 atom stereocenters. The topological polar surface area (TPSA) is 48.1 Å². The second kappa shape index (κ2) is 7.69. The Morgan fingerprint density at radius 2 is 1.95 bits per heavy atom. The zero-order chi connectivity index (χ0) is 15.2. The lowest BCUT2D eigenvalue weighted by atomic mass is 10.1. The molecule has 2 N–H and O–H groups in total. The van der Waals surface area contributed by atoms with E-state index in [2.05, 4.69) is 26.0 Å². The fourth-order valence-corrected chi connectivity index (χ4v) is 3.67. The maximum atomic E-state index is 5.89. The molecule has 0 aliphatic heterocycles. The molecule has 3 nitrogen and oxygen atoms in total. The van der Waals surface area contributed by atoms with Crippen LogP contribution >= 0.6 is 11.3 Å². The minimum absolute atomic E-state index is 0.0639. The molecule has 0 radical (unpaired) electrons. The van der Waals surface area contributed by atoms with E-state index in [1.165, 1.54) is 4.88 Å². The van der Waals surface area contributed by atoms with Crippen molar-refractivity contribution in [3.8, 4) is 11.3 Å². The molecule has 1 aromatic carbocycles. The van der Waals surface area contributed by atoms with Crippen molar-refractivity contribution < 1.29 is 4.74 Å². The van der Waals surface area contributed by atoms with Crippen LogP contribution in [-0.4, -0.2) is 18.1 Å². The number of hydrogen-bond acceptors (Lipinski definition) is 4. The third kappa shape index (κ3) is 3.90. The Kier molecular flexibility index (Phi) is 5.91. The fraction of sp³-hybridized carbons (Fsp3) is 0.471. The fourth-order valence-electron chi connectivity index (χ4n) is 2.34. The van der Waals surface area contributed by atoms with E-state index in [1.54, 1.807) is 11.3 Å². The summed E-state index contributed by atoms with van der Waals surface area (Å²) in [5.41, 5.74) is 7.98. The van der Waals surface area contributed by atoms with Gasteiger partial charge in [-0.15, -0.1) is 11.3 Å². The number of nitrogens with two attached hydrogens (primary N) is 1. The number of aromatic nitrogens is 1. The number of nitrogens with zero attached hydrogens (tertiary/aromatic N) is 1. The number of rotatable bonds is 7. The molecule has 0 fully saturated rings. The van der Waals surface area contributed by atoms with Gasteiger partial charge < -0.3 is 10.5 Å². The van der Waals surface area contributed by atoms with Crippen LogP contribution in [0.25, 0.3) is 11.3 Å². The van der Waals surface area contributed by atoms with Crippen molar-refractivity contribution >= 4 is 11.3 Å². The Morgan fingerprint density at radius 3 is 2.52 bits per heavy atom. The molecule has 1 unspecified atom stereocenters. The lowest BCUT2D eigenvalue weighted by Gasteiger charge is -2.18. The molecule has 2 aromatic rings. The lowest BCUT2D eigenvalue weighted by molar-refractivity contribution is 0.0293. The summed E-state index contributed by atoms with van der Waals surface area (Å²) in [5.74, 6) is 0.408. The predicted octanol–water partition coefficient (Wildman–Crippen LogP) is 4.04. The van der Waals surface area contributed by atoms with Crippen LogP contribution in [0.4, 0.5) is 0 Å². The van der Waals surface area contributed by atoms with Gasteiger partial charge in [0.25, 0.3) is 0 Å². The maximum absolute atomic E-state index is 5.89. The van der Waals surface area contributed by atoms with E-state index in [9.17, 15) is 0 Å². The molecule has 4 heteroatoms. The summed E-state index contributed by atoms with van der Waals surface area (Å²) >= 11 is 1.74. The second-order valence-corrected chi connectivity index (χ2v) is 6.46. The molecule has 0 spiro atoms. The molecule has 0 aliphatic carbocycles. The molecule has 0 aliphatic rings. The van der Waals surface area contributed by atoms with Gasteiger partial charge >= 0.3 is 0 Å². The maximum Gasteiger partial charge on any atom is 0.123 e. The largest absolute Gasteiger partial charge is 0.371 e. The predicted molar refractivity (Wildman–Crippen MR) is 89.5 cm³/mol. The Labute approximate surface area is 131 Å². The van der Waals surface area contributed by atoms with Gasteiger partial charge in [0.15, 0.2) is 0 Å². The minimum Gasteiger partial charge on any atom is -0.371 e. The summed E-state index contributed by atoms with van der Waals surface area (Å²) in [6.07, 6.45) is 0.924. The SMILES string of the molecule is CCOC(c1nc(-c2ccccc2)c(CCN)s1)C(C)C. The van der Waals surface area contributed by atoms with E-state index < -0.39 is 0 Å².